The third-order valence-corrected chi connectivity index (χ3v) is 4.14. The van der Waals surface area contributed by atoms with E-state index in [0.717, 1.165) is 42.2 Å². The smallest absolute Gasteiger partial charge is 0.289 e. The lowest BCUT2D eigenvalue weighted by atomic mass is 10.0. The van der Waals surface area contributed by atoms with Crippen LogP contribution in [0.1, 0.15) is 17.5 Å². The number of benzene rings is 2. The summed E-state index contributed by atoms with van der Waals surface area (Å²) < 4.78 is 0. The van der Waals surface area contributed by atoms with Gasteiger partial charge in [-0.05, 0) is 24.1 Å². The molecule has 0 N–H and O–H groups in total. The number of fused-ring (bicyclic) bond motifs is 3. The van der Waals surface area contributed by atoms with E-state index in [0.29, 0.717) is 6.54 Å². The summed E-state index contributed by atoms with van der Waals surface area (Å²) in [6.45, 7) is 2.13. The van der Waals surface area contributed by atoms with E-state index >= 15 is 0 Å². The second kappa shape index (κ2) is 5.30. The summed E-state index contributed by atoms with van der Waals surface area (Å²) in [7, 11) is 0. The van der Waals surface area contributed by atoms with E-state index < -0.39 is 0 Å². The molecule has 22 heavy (non-hydrogen) atoms. The van der Waals surface area contributed by atoms with Crippen molar-refractivity contribution in [1.82, 2.24) is 4.90 Å². The Morgan fingerprint density at radius 1 is 1.00 bits per heavy atom. The van der Waals surface area contributed by atoms with Gasteiger partial charge in [0.05, 0.1) is 12.2 Å². The number of aliphatic imine (C=N–C) groups is 1. The van der Waals surface area contributed by atoms with Crippen LogP contribution in [0.2, 0.25) is 0 Å². The molecule has 4 nitrogen and oxygen atoms in total. The van der Waals surface area contributed by atoms with Gasteiger partial charge in [0, 0.05) is 18.7 Å². The number of para-hydroxylation sites is 1. The van der Waals surface area contributed by atoms with Gasteiger partial charge in [0.25, 0.3) is 0 Å². The van der Waals surface area contributed by atoms with Crippen LogP contribution in [0.25, 0.3) is 0 Å². The quantitative estimate of drug-likeness (QED) is 0.836. The summed E-state index contributed by atoms with van der Waals surface area (Å²) in [4.78, 5) is 21.1. The molecule has 4 heteroatoms. The summed E-state index contributed by atoms with van der Waals surface area (Å²) in [5, 5.41) is 0. The number of nitrogens with zero attached hydrogens (tertiary/aromatic N) is 3. The van der Waals surface area contributed by atoms with Crippen molar-refractivity contribution in [3.8, 4) is 0 Å². The van der Waals surface area contributed by atoms with Crippen LogP contribution in [-0.4, -0.2) is 29.9 Å². The maximum absolute atomic E-state index is 12.9. The molecule has 0 saturated heterocycles. The number of hydrogen-bond acceptors (Lipinski definition) is 2. The number of carbonyl (C=O) groups is 1. The topological polar surface area (TPSA) is 35.9 Å². The fourth-order valence-electron chi connectivity index (χ4n) is 3.09. The highest BCUT2D eigenvalue weighted by atomic mass is 16.2. The van der Waals surface area contributed by atoms with Crippen molar-refractivity contribution in [3.63, 3.8) is 0 Å². The number of amides is 2. The van der Waals surface area contributed by atoms with Gasteiger partial charge >= 0.3 is 6.03 Å². The number of rotatable bonds is 2. The third kappa shape index (κ3) is 2.08. The first kappa shape index (κ1) is 13.1. The molecule has 0 atom stereocenters. The molecular formula is C18H17N3O. The molecule has 110 valence electrons. The summed E-state index contributed by atoms with van der Waals surface area (Å²) in [5.41, 5.74) is 3.13. The van der Waals surface area contributed by atoms with Crippen molar-refractivity contribution < 1.29 is 4.79 Å². The van der Waals surface area contributed by atoms with Crippen molar-refractivity contribution in [2.45, 2.75) is 13.0 Å². The Morgan fingerprint density at radius 3 is 2.64 bits per heavy atom. The van der Waals surface area contributed by atoms with Crippen LogP contribution in [0.3, 0.4) is 0 Å². The summed E-state index contributed by atoms with van der Waals surface area (Å²) in [5.74, 6) is 0.830. The summed E-state index contributed by atoms with van der Waals surface area (Å²) >= 11 is 0. The lowest BCUT2D eigenvalue weighted by Gasteiger charge is -2.39. The first-order chi connectivity index (χ1) is 10.8. The minimum atomic E-state index is 0.0287. The molecule has 0 spiro atoms. The minimum Gasteiger partial charge on any atom is -0.289 e. The molecule has 2 aliphatic heterocycles. The molecule has 2 amide bonds. The number of carbonyl (C=O) groups excluding carboxylic acids is 1. The third-order valence-electron chi connectivity index (χ3n) is 4.14. The zero-order chi connectivity index (χ0) is 14.9. The predicted molar refractivity (Wildman–Crippen MR) is 87.2 cm³/mol. The van der Waals surface area contributed by atoms with E-state index in [2.05, 4.69) is 23.2 Å². The number of amidine groups is 1. The Bertz CT molecular complexity index is 739. The molecule has 0 radical (unpaired) electrons. The first-order valence-electron chi connectivity index (χ1n) is 7.61. The van der Waals surface area contributed by atoms with E-state index in [9.17, 15) is 4.79 Å². The summed E-state index contributed by atoms with van der Waals surface area (Å²) in [6, 6.07) is 18.2. The SMILES string of the molecule is O=C1N2CCCN=C2c2ccccc2N1Cc1ccccc1. The van der Waals surface area contributed by atoms with E-state index in [1.165, 1.54) is 0 Å². The van der Waals surface area contributed by atoms with Crippen LogP contribution in [0.15, 0.2) is 59.6 Å². The Morgan fingerprint density at radius 2 is 1.77 bits per heavy atom. The summed E-state index contributed by atoms with van der Waals surface area (Å²) in [6.07, 6.45) is 0.927. The fourth-order valence-corrected chi connectivity index (χ4v) is 3.09. The molecule has 2 aliphatic rings. The molecule has 2 heterocycles. The maximum atomic E-state index is 12.9. The highest BCUT2D eigenvalue weighted by Crippen LogP contribution is 2.31. The Balaban J connectivity index is 1.79. The lowest BCUT2D eigenvalue weighted by Crippen LogP contribution is -2.52. The van der Waals surface area contributed by atoms with Crippen LogP contribution < -0.4 is 4.90 Å². The lowest BCUT2D eigenvalue weighted by molar-refractivity contribution is 0.224. The van der Waals surface area contributed by atoms with Crippen LogP contribution >= 0.6 is 0 Å². The van der Waals surface area contributed by atoms with Gasteiger partial charge in [-0.2, -0.15) is 0 Å². The van der Waals surface area contributed by atoms with Crippen LogP contribution in [-0.2, 0) is 6.54 Å². The van der Waals surface area contributed by atoms with Crippen LogP contribution in [0.4, 0.5) is 10.5 Å². The normalized spacial score (nSPS) is 16.9. The van der Waals surface area contributed by atoms with E-state index in [-0.39, 0.29) is 6.03 Å². The highest BCUT2D eigenvalue weighted by molar-refractivity contribution is 6.19. The van der Waals surface area contributed by atoms with E-state index in [1.54, 1.807) is 0 Å². The van der Waals surface area contributed by atoms with Crippen molar-refractivity contribution in [2.24, 2.45) is 4.99 Å². The molecule has 2 aromatic rings. The minimum absolute atomic E-state index is 0.0287. The average molecular weight is 291 g/mol. The van der Waals surface area contributed by atoms with E-state index in [4.69, 9.17) is 0 Å². The Labute approximate surface area is 129 Å². The van der Waals surface area contributed by atoms with Gasteiger partial charge in [0.1, 0.15) is 5.84 Å². The molecule has 4 rings (SSSR count). The standard InChI is InChI=1S/C18H17N3O/c22-18-20-12-6-11-19-17(20)15-9-4-5-10-16(15)21(18)13-14-7-2-1-3-8-14/h1-5,7-10H,6,11-13H2. The van der Waals surface area contributed by atoms with Gasteiger partial charge < -0.3 is 0 Å². The zero-order valence-corrected chi connectivity index (χ0v) is 12.3. The Kier molecular flexibility index (Phi) is 3.15. The molecule has 0 fully saturated rings. The van der Waals surface area contributed by atoms with Gasteiger partial charge in [-0.3, -0.25) is 14.8 Å². The van der Waals surface area contributed by atoms with Gasteiger partial charge in [0.2, 0.25) is 0 Å². The molecule has 0 bridgehead atoms. The maximum Gasteiger partial charge on any atom is 0.330 e. The second-order valence-electron chi connectivity index (χ2n) is 5.58. The highest BCUT2D eigenvalue weighted by Gasteiger charge is 2.35. The second-order valence-corrected chi connectivity index (χ2v) is 5.58. The van der Waals surface area contributed by atoms with Gasteiger partial charge in [-0.25, -0.2) is 4.79 Å². The van der Waals surface area contributed by atoms with Crippen LogP contribution in [0, 0.1) is 0 Å². The zero-order valence-electron chi connectivity index (χ0n) is 12.3. The monoisotopic (exact) mass is 291 g/mol. The van der Waals surface area contributed by atoms with Crippen molar-refractivity contribution >= 4 is 17.6 Å². The largest absolute Gasteiger partial charge is 0.330 e. The molecular weight excluding hydrogens is 274 g/mol. The van der Waals surface area contributed by atoms with E-state index in [1.807, 2.05) is 46.2 Å². The number of hydrogen-bond donors (Lipinski definition) is 0. The first-order valence-corrected chi connectivity index (χ1v) is 7.61. The number of urea groups is 1. The van der Waals surface area contributed by atoms with Crippen molar-refractivity contribution in [2.75, 3.05) is 18.0 Å². The predicted octanol–water partition coefficient (Wildman–Crippen LogP) is 3.28. The fraction of sp³-hybridized carbons (Fsp3) is 0.222. The molecule has 0 saturated carbocycles. The van der Waals surface area contributed by atoms with Crippen molar-refractivity contribution in [3.05, 3.63) is 65.7 Å². The Hall–Kier alpha value is -2.62. The number of anilines is 1. The molecule has 0 unspecified atom stereocenters. The molecule has 2 aromatic carbocycles. The van der Waals surface area contributed by atoms with Crippen molar-refractivity contribution in [1.29, 1.82) is 0 Å². The van der Waals surface area contributed by atoms with Crippen LogP contribution in [0.5, 0.6) is 0 Å². The van der Waals surface area contributed by atoms with Gasteiger partial charge in [-0.15, -0.1) is 0 Å². The van der Waals surface area contributed by atoms with Gasteiger partial charge in [-0.1, -0.05) is 42.5 Å². The average Bonchev–Trinajstić information content (AvgIpc) is 2.59. The molecule has 0 aromatic heterocycles. The molecule has 0 aliphatic carbocycles. The van der Waals surface area contributed by atoms with Gasteiger partial charge in [0.15, 0.2) is 0 Å².